The number of pyridine rings is 2. The number of aryl methyl sites for hydroxylation is 1. The molecular weight excluding hydrogens is 423 g/mol. The number of nitrogens with zero attached hydrogens (tertiary/aromatic N) is 4. The molecule has 4 rings (SSSR count). The smallest absolute Gasteiger partial charge is 0.260 e. The quantitative estimate of drug-likeness (QED) is 0.572. The van der Waals surface area contributed by atoms with Gasteiger partial charge in [-0.1, -0.05) is 18.2 Å². The molecule has 0 bridgehead atoms. The Morgan fingerprint density at radius 1 is 1.09 bits per heavy atom. The van der Waals surface area contributed by atoms with Crippen molar-refractivity contribution in [1.29, 1.82) is 0 Å². The van der Waals surface area contributed by atoms with Crippen LogP contribution in [0.1, 0.15) is 28.6 Å². The summed E-state index contributed by atoms with van der Waals surface area (Å²) in [5.41, 5.74) is 1.89. The van der Waals surface area contributed by atoms with Gasteiger partial charge in [0.1, 0.15) is 11.6 Å². The van der Waals surface area contributed by atoms with Gasteiger partial charge in [-0.25, -0.2) is 4.39 Å². The van der Waals surface area contributed by atoms with E-state index >= 15 is 0 Å². The average Bonchev–Trinajstić information content (AvgIpc) is 2.81. The highest BCUT2D eigenvalue weighted by Gasteiger charge is 2.31. The molecule has 0 unspecified atom stereocenters. The lowest BCUT2D eigenvalue weighted by Crippen LogP contribution is -2.49. The second-order valence-corrected chi connectivity index (χ2v) is 8.36. The van der Waals surface area contributed by atoms with E-state index in [4.69, 9.17) is 0 Å². The summed E-state index contributed by atoms with van der Waals surface area (Å²) >= 11 is 0. The summed E-state index contributed by atoms with van der Waals surface area (Å²) in [6.45, 7) is 5.39. The summed E-state index contributed by atoms with van der Waals surface area (Å²) in [5, 5.41) is 20.2. The minimum absolute atomic E-state index is 0.0876. The Labute approximate surface area is 192 Å². The molecule has 0 spiro atoms. The molecule has 1 fully saturated rings. The normalized spacial score (nSPS) is 16.1. The van der Waals surface area contributed by atoms with Crippen molar-refractivity contribution in [3.63, 3.8) is 0 Å². The maximum atomic E-state index is 14.2. The van der Waals surface area contributed by atoms with Crippen LogP contribution < -0.4 is 5.56 Å². The summed E-state index contributed by atoms with van der Waals surface area (Å²) in [7, 11) is 0. The number of benzene rings is 1. The fourth-order valence-electron chi connectivity index (χ4n) is 4.50. The molecule has 1 saturated heterocycles. The Hall–Kier alpha value is -3.07. The van der Waals surface area contributed by atoms with Gasteiger partial charge in [0.25, 0.3) is 5.56 Å². The lowest BCUT2D eigenvalue weighted by atomic mass is 9.95. The molecule has 2 N–H and O–H groups in total. The predicted octanol–water partition coefficient (Wildman–Crippen LogP) is 2.14. The van der Waals surface area contributed by atoms with E-state index < -0.39 is 11.9 Å². The van der Waals surface area contributed by atoms with E-state index in [1.54, 1.807) is 35.9 Å². The molecule has 174 valence electrons. The van der Waals surface area contributed by atoms with Gasteiger partial charge in [0.2, 0.25) is 0 Å². The van der Waals surface area contributed by atoms with E-state index in [0.29, 0.717) is 44.0 Å². The zero-order chi connectivity index (χ0) is 23.4. The van der Waals surface area contributed by atoms with Crippen molar-refractivity contribution in [2.75, 3.05) is 39.3 Å². The first-order valence-corrected chi connectivity index (χ1v) is 11.1. The number of rotatable bonds is 7. The molecule has 1 atom stereocenters. The van der Waals surface area contributed by atoms with Crippen molar-refractivity contribution in [3.8, 4) is 5.75 Å². The molecule has 1 aliphatic rings. The average molecular weight is 453 g/mol. The fourth-order valence-corrected chi connectivity index (χ4v) is 4.50. The Morgan fingerprint density at radius 3 is 2.55 bits per heavy atom. The van der Waals surface area contributed by atoms with Gasteiger partial charge in [0, 0.05) is 44.6 Å². The van der Waals surface area contributed by atoms with Crippen LogP contribution in [-0.4, -0.2) is 68.9 Å². The maximum Gasteiger partial charge on any atom is 0.260 e. The third-order valence-corrected chi connectivity index (χ3v) is 6.20. The van der Waals surface area contributed by atoms with Gasteiger partial charge in [-0.05, 0) is 42.8 Å². The van der Waals surface area contributed by atoms with Crippen LogP contribution in [0.25, 0.3) is 0 Å². The van der Waals surface area contributed by atoms with Crippen LogP contribution in [-0.2, 0) is 6.54 Å². The number of β-amino-alcohol motifs (C(OH)–C–C–N with tert-alkyl or cyclic N) is 1. The van der Waals surface area contributed by atoms with Gasteiger partial charge < -0.3 is 14.8 Å². The Bertz CT molecular complexity index is 1140. The largest absolute Gasteiger partial charge is 0.507 e. The van der Waals surface area contributed by atoms with E-state index in [2.05, 4.69) is 14.8 Å². The van der Waals surface area contributed by atoms with E-state index in [-0.39, 0.29) is 30.0 Å². The molecule has 3 aromatic rings. The first kappa shape index (κ1) is 23.1. The summed E-state index contributed by atoms with van der Waals surface area (Å²) in [5.74, 6) is -0.487. The molecule has 0 radical (unpaired) electrons. The van der Waals surface area contributed by atoms with Crippen LogP contribution in [0.2, 0.25) is 0 Å². The molecule has 2 aromatic heterocycles. The van der Waals surface area contributed by atoms with Gasteiger partial charge in [0.05, 0.1) is 30.5 Å². The molecule has 3 heterocycles. The Morgan fingerprint density at radius 2 is 1.88 bits per heavy atom. The van der Waals surface area contributed by atoms with Crippen LogP contribution in [0.15, 0.2) is 59.5 Å². The standard InChI is InChI=1S/C25H29FN4O3/c1-18-15-22(32)23(25(33)30(18)17-21-7-2-3-8-27-21)24(19-5-4-6-20(26)16-19)29-11-9-28(10-12-29)13-14-31/h2-8,15-16,24,31-32H,9-14,17H2,1H3/t24-/m0/s1. The number of halogens is 1. The summed E-state index contributed by atoms with van der Waals surface area (Å²) in [6.07, 6.45) is 1.68. The predicted molar refractivity (Wildman–Crippen MR) is 124 cm³/mol. The molecule has 0 amide bonds. The van der Waals surface area contributed by atoms with Gasteiger partial charge in [-0.3, -0.25) is 19.6 Å². The summed E-state index contributed by atoms with van der Waals surface area (Å²) in [6, 6.07) is 12.7. The second-order valence-electron chi connectivity index (χ2n) is 8.36. The first-order valence-electron chi connectivity index (χ1n) is 11.1. The number of hydrogen-bond donors (Lipinski definition) is 2. The fraction of sp³-hybridized carbons (Fsp3) is 0.360. The van der Waals surface area contributed by atoms with Crippen molar-refractivity contribution in [2.45, 2.75) is 19.5 Å². The molecule has 7 nitrogen and oxygen atoms in total. The number of aliphatic hydroxyl groups is 1. The molecule has 0 saturated carbocycles. The van der Waals surface area contributed by atoms with Gasteiger partial charge in [0.15, 0.2) is 0 Å². The Balaban J connectivity index is 1.78. The minimum atomic E-state index is -0.597. The van der Waals surface area contributed by atoms with Crippen LogP contribution in [0.5, 0.6) is 5.75 Å². The molecular formula is C25H29FN4O3. The lowest BCUT2D eigenvalue weighted by Gasteiger charge is -2.39. The van der Waals surface area contributed by atoms with Crippen molar-refractivity contribution in [3.05, 3.63) is 93.4 Å². The molecule has 1 aliphatic heterocycles. The van der Waals surface area contributed by atoms with E-state index in [1.165, 1.54) is 12.1 Å². The van der Waals surface area contributed by atoms with Gasteiger partial charge in [-0.2, -0.15) is 0 Å². The number of hydrogen-bond acceptors (Lipinski definition) is 6. The minimum Gasteiger partial charge on any atom is -0.507 e. The van der Waals surface area contributed by atoms with E-state index in [1.807, 2.05) is 18.2 Å². The molecule has 33 heavy (non-hydrogen) atoms. The number of aromatic hydroxyl groups is 1. The zero-order valence-corrected chi connectivity index (χ0v) is 18.7. The SMILES string of the molecule is Cc1cc(O)c([C@H](c2cccc(F)c2)N2CCN(CCO)CC2)c(=O)n1Cc1ccccn1. The molecule has 8 heteroatoms. The molecule has 1 aromatic carbocycles. The number of piperazine rings is 1. The monoisotopic (exact) mass is 452 g/mol. The summed E-state index contributed by atoms with van der Waals surface area (Å²) < 4.78 is 15.8. The van der Waals surface area contributed by atoms with E-state index in [0.717, 1.165) is 5.69 Å². The van der Waals surface area contributed by atoms with Crippen molar-refractivity contribution in [1.82, 2.24) is 19.4 Å². The van der Waals surface area contributed by atoms with Crippen LogP contribution in [0, 0.1) is 12.7 Å². The first-order chi connectivity index (χ1) is 16.0. The van der Waals surface area contributed by atoms with Crippen molar-refractivity contribution >= 4 is 0 Å². The third kappa shape index (κ3) is 5.13. The lowest BCUT2D eigenvalue weighted by molar-refractivity contribution is 0.0931. The van der Waals surface area contributed by atoms with Crippen LogP contribution in [0.3, 0.4) is 0 Å². The van der Waals surface area contributed by atoms with E-state index in [9.17, 15) is 19.4 Å². The van der Waals surface area contributed by atoms with Gasteiger partial charge >= 0.3 is 0 Å². The number of aliphatic hydroxyl groups excluding tert-OH is 1. The maximum absolute atomic E-state index is 14.2. The van der Waals surface area contributed by atoms with Crippen molar-refractivity contribution < 1.29 is 14.6 Å². The van der Waals surface area contributed by atoms with Crippen LogP contribution in [0.4, 0.5) is 4.39 Å². The highest BCUT2D eigenvalue weighted by atomic mass is 19.1. The highest BCUT2D eigenvalue weighted by Crippen LogP contribution is 2.33. The molecule has 0 aliphatic carbocycles. The highest BCUT2D eigenvalue weighted by molar-refractivity contribution is 5.41. The van der Waals surface area contributed by atoms with Crippen molar-refractivity contribution in [2.24, 2.45) is 0 Å². The number of aromatic nitrogens is 2. The van der Waals surface area contributed by atoms with Crippen LogP contribution >= 0.6 is 0 Å². The Kier molecular flexibility index (Phi) is 7.17. The second kappa shape index (κ2) is 10.2. The third-order valence-electron chi connectivity index (χ3n) is 6.20. The topological polar surface area (TPSA) is 81.8 Å². The summed E-state index contributed by atoms with van der Waals surface area (Å²) in [4.78, 5) is 22.3. The van der Waals surface area contributed by atoms with Gasteiger partial charge in [-0.15, -0.1) is 0 Å². The zero-order valence-electron chi connectivity index (χ0n) is 18.7.